The summed E-state index contributed by atoms with van der Waals surface area (Å²) < 4.78 is 16.2. The molecule has 0 radical (unpaired) electrons. The summed E-state index contributed by atoms with van der Waals surface area (Å²) in [5, 5.41) is 8.50. The molecule has 5 rings (SSSR count). The Morgan fingerprint density at radius 2 is 2.06 bits per heavy atom. The number of pyridine rings is 2. The van der Waals surface area contributed by atoms with Gasteiger partial charge in [-0.3, -0.25) is 9.48 Å². The molecule has 3 atom stereocenters. The molecular weight excluding hydrogens is 407 g/mol. The number of nitrogens with two attached hydrogens (primary N) is 1. The number of halogens is 1. The monoisotopic (exact) mass is 430 g/mol. The number of nitrogen functional groups attached to an aromatic ring is 1. The molecule has 3 N–H and O–H groups in total. The standard InChI is InChI=1S/C24H23FN6O/c1-12-5-4-6-17(25)20(12)18-7-14-8-19(27-10-16(14)23(26)29-18)30-24(32)22-13(2)21(22)15-9-28-31(3)11-15/h4-11,13,21-22H,1-3H3,(H2,26,29)(H,27,30,32)/t13-,21+,22-/m0/s1. The quantitative estimate of drug-likeness (QED) is 0.509. The molecule has 0 spiro atoms. The van der Waals surface area contributed by atoms with Gasteiger partial charge < -0.3 is 11.1 Å². The van der Waals surface area contributed by atoms with E-state index in [1.807, 2.05) is 32.4 Å². The van der Waals surface area contributed by atoms with Crippen LogP contribution in [0, 0.1) is 24.6 Å². The molecule has 8 heteroatoms. The van der Waals surface area contributed by atoms with Gasteiger partial charge in [-0.15, -0.1) is 0 Å². The number of rotatable bonds is 4. The number of fused-ring (bicyclic) bond motifs is 1. The van der Waals surface area contributed by atoms with Crippen LogP contribution < -0.4 is 11.1 Å². The summed E-state index contributed by atoms with van der Waals surface area (Å²) in [6.07, 6.45) is 5.34. The fourth-order valence-corrected chi connectivity index (χ4v) is 4.52. The van der Waals surface area contributed by atoms with Gasteiger partial charge in [-0.2, -0.15) is 5.10 Å². The third kappa shape index (κ3) is 3.37. The van der Waals surface area contributed by atoms with Crippen molar-refractivity contribution in [1.82, 2.24) is 19.7 Å². The van der Waals surface area contributed by atoms with Crippen LogP contribution in [-0.2, 0) is 11.8 Å². The summed E-state index contributed by atoms with van der Waals surface area (Å²) >= 11 is 0. The topological polar surface area (TPSA) is 98.7 Å². The number of hydrogen-bond acceptors (Lipinski definition) is 5. The smallest absolute Gasteiger partial charge is 0.229 e. The van der Waals surface area contributed by atoms with Crippen LogP contribution in [0.25, 0.3) is 22.0 Å². The van der Waals surface area contributed by atoms with E-state index in [0.717, 1.165) is 16.5 Å². The lowest BCUT2D eigenvalue weighted by atomic mass is 10.0. The number of aryl methyl sites for hydroxylation is 2. The Kier molecular flexibility index (Phi) is 4.65. The van der Waals surface area contributed by atoms with Gasteiger partial charge >= 0.3 is 0 Å². The predicted octanol–water partition coefficient (Wildman–Crippen LogP) is 4.05. The van der Waals surface area contributed by atoms with Gasteiger partial charge in [-0.1, -0.05) is 19.1 Å². The van der Waals surface area contributed by atoms with E-state index in [4.69, 9.17) is 5.73 Å². The first-order valence-electron chi connectivity index (χ1n) is 10.4. The summed E-state index contributed by atoms with van der Waals surface area (Å²) in [7, 11) is 1.86. The molecule has 0 aliphatic heterocycles. The largest absolute Gasteiger partial charge is 0.383 e. The molecule has 162 valence electrons. The Morgan fingerprint density at radius 3 is 2.78 bits per heavy atom. The molecule has 0 bridgehead atoms. The molecule has 1 amide bonds. The average Bonchev–Trinajstić information content (AvgIpc) is 3.22. The Bertz CT molecular complexity index is 1340. The first-order valence-corrected chi connectivity index (χ1v) is 10.4. The van der Waals surface area contributed by atoms with Gasteiger partial charge in [0.2, 0.25) is 5.91 Å². The van der Waals surface area contributed by atoms with Crippen LogP contribution in [0.2, 0.25) is 0 Å². The van der Waals surface area contributed by atoms with Gasteiger partial charge in [-0.05, 0) is 47.6 Å². The molecule has 32 heavy (non-hydrogen) atoms. The number of amides is 1. The molecule has 1 aliphatic rings. The molecule has 1 fully saturated rings. The molecule has 4 aromatic rings. The van der Waals surface area contributed by atoms with Crippen molar-refractivity contribution in [3.05, 3.63) is 65.9 Å². The second-order valence-electron chi connectivity index (χ2n) is 8.46. The van der Waals surface area contributed by atoms with Crippen molar-refractivity contribution in [3.8, 4) is 11.3 Å². The maximum Gasteiger partial charge on any atom is 0.229 e. The predicted molar refractivity (Wildman–Crippen MR) is 121 cm³/mol. The maximum atomic E-state index is 14.5. The second kappa shape index (κ2) is 7.40. The highest BCUT2D eigenvalue weighted by Gasteiger charge is 2.52. The minimum atomic E-state index is -0.358. The number of hydrogen-bond donors (Lipinski definition) is 2. The lowest BCUT2D eigenvalue weighted by Crippen LogP contribution is -2.16. The molecule has 0 saturated heterocycles. The van der Waals surface area contributed by atoms with Crippen LogP contribution >= 0.6 is 0 Å². The third-order valence-corrected chi connectivity index (χ3v) is 6.27. The molecule has 1 aliphatic carbocycles. The SMILES string of the molecule is Cc1cccc(F)c1-c1cc2cc(NC(=O)[C@H]3[C@@H](C)[C@@H]3c3cnn(C)c3)ncc2c(N)n1. The third-order valence-electron chi connectivity index (χ3n) is 6.27. The van der Waals surface area contributed by atoms with E-state index >= 15 is 0 Å². The first-order chi connectivity index (χ1) is 15.3. The van der Waals surface area contributed by atoms with Gasteiger partial charge in [0, 0.05) is 42.2 Å². The summed E-state index contributed by atoms with van der Waals surface area (Å²) in [6.45, 7) is 3.89. The number of carbonyl (C=O) groups excluding carboxylic acids is 1. The molecule has 1 saturated carbocycles. The maximum absolute atomic E-state index is 14.5. The highest BCUT2D eigenvalue weighted by Crippen LogP contribution is 2.54. The van der Waals surface area contributed by atoms with Gasteiger partial charge in [0.25, 0.3) is 0 Å². The van der Waals surface area contributed by atoms with E-state index in [1.54, 1.807) is 29.1 Å². The Labute approximate surface area is 184 Å². The van der Waals surface area contributed by atoms with Crippen molar-refractivity contribution in [2.75, 3.05) is 11.1 Å². The Morgan fingerprint density at radius 1 is 1.25 bits per heavy atom. The minimum absolute atomic E-state index is 0.0783. The second-order valence-corrected chi connectivity index (χ2v) is 8.46. The minimum Gasteiger partial charge on any atom is -0.383 e. The molecular formula is C24H23FN6O. The highest BCUT2D eigenvalue weighted by atomic mass is 19.1. The van der Waals surface area contributed by atoms with Crippen LogP contribution in [0.15, 0.2) is 48.9 Å². The number of anilines is 2. The number of benzene rings is 1. The zero-order valence-electron chi connectivity index (χ0n) is 18.0. The first kappa shape index (κ1) is 20.1. The van der Waals surface area contributed by atoms with E-state index in [2.05, 4.69) is 27.3 Å². The van der Waals surface area contributed by atoms with Crippen molar-refractivity contribution in [2.45, 2.75) is 19.8 Å². The van der Waals surface area contributed by atoms with Crippen LogP contribution in [-0.4, -0.2) is 25.7 Å². The van der Waals surface area contributed by atoms with E-state index in [-0.39, 0.29) is 35.3 Å². The molecule has 3 aromatic heterocycles. The Hall–Kier alpha value is -3.81. The number of aromatic nitrogens is 4. The number of nitrogens with one attached hydrogen (secondary N) is 1. The molecule has 1 aromatic carbocycles. The molecule has 7 nitrogen and oxygen atoms in total. The zero-order chi connectivity index (χ0) is 22.6. The Balaban J connectivity index is 1.44. The van der Waals surface area contributed by atoms with E-state index in [0.29, 0.717) is 22.5 Å². The van der Waals surface area contributed by atoms with Crippen molar-refractivity contribution < 1.29 is 9.18 Å². The fraction of sp³-hybridized carbons (Fsp3) is 0.250. The van der Waals surface area contributed by atoms with Crippen LogP contribution in [0.5, 0.6) is 0 Å². The molecule has 3 heterocycles. The van der Waals surface area contributed by atoms with Crippen LogP contribution in [0.1, 0.15) is 24.0 Å². The van der Waals surface area contributed by atoms with Crippen LogP contribution in [0.3, 0.4) is 0 Å². The normalized spacial score (nSPS) is 19.8. The zero-order valence-corrected chi connectivity index (χ0v) is 18.0. The summed E-state index contributed by atoms with van der Waals surface area (Å²) in [5.74, 6) is 0.505. The average molecular weight is 430 g/mol. The van der Waals surface area contributed by atoms with E-state index in [1.165, 1.54) is 6.07 Å². The van der Waals surface area contributed by atoms with Crippen molar-refractivity contribution >= 4 is 28.3 Å². The number of carbonyl (C=O) groups is 1. The van der Waals surface area contributed by atoms with Crippen molar-refractivity contribution in [3.63, 3.8) is 0 Å². The summed E-state index contributed by atoms with van der Waals surface area (Å²) in [4.78, 5) is 21.6. The lowest BCUT2D eigenvalue weighted by molar-refractivity contribution is -0.117. The fourth-order valence-electron chi connectivity index (χ4n) is 4.52. The molecule has 0 unspecified atom stereocenters. The van der Waals surface area contributed by atoms with Crippen LogP contribution in [0.4, 0.5) is 16.0 Å². The highest BCUT2D eigenvalue weighted by molar-refractivity contribution is 5.99. The van der Waals surface area contributed by atoms with Gasteiger partial charge in [-0.25, -0.2) is 14.4 Å². The number of nitrogens with zero attached hydrogens (tertiary/aromatic N) is 4. The van der Waals surface area contributed by atoms with Gasteiger partial charge in [0.05, 0.1) is 11.9 Å². The summed E-state index contributed by atoms with van der Waals surface area (Å²) in [5.41, 5.74) is 8.83. The van der Waals surface area contributed by atoms with Crippen molar-refractivity contribution in [2.24, 2.45) is 18.9 Å². The lowest BCUT2D eigenvalue weighted by Gasteiger charge is -2.11. The van der Waals surface area contributed by atoms with Gasteiger partial charge in [0.15, 0.2) is 0 Å². The van der Waals surface area contributed by atoms with E-state index < -0.39 is 0 Å². The van der Waals surface area contributed by atoms with Crippen molar-refractivity contribution in [1.29, 1.82) is 0 Å². The van der Waals surface area contributed by atoms with Gasteiger partial charge in [0.1, 0.15) is 17.5 Å². The summed E-state index contributed by atoms with van der Waals surface area (Å²) in [6, 6.07) is 8.41. The van der Waals surface area contributed by atoms with E-state index in [9.17, 15) is 9.18 Å².